The van der Waals surface area contributed by atoms with Gasteiger partial charge < -0.3 is 9.47 Å². The summed E-state index contributed by atoms with van der Waals surface area (Å²) >= 11 is 0. The number of ether oxygens (including phenoxy) is 2. The molecule has 0 unspecified atom stereocenters. The van der Waals surface area contributed by atoms with Gasteiger partial charge in [-0.3, -0.25) is 4.98 Å². The van der Waals surface area contributed by atoms with Crippen LogP contribution in [0.2, 0.25) is 0 Å². The molecule has 0 spiro atoms. The van der Waals surface area contributed by atoms with Crippen molar-refractivity contribution in [2.45, 2.75) is 6.42 Å². The van der Waals surface area contributed by atoms with Crippen LogP contribution in [0.3, 0.4) is 0 Å². The normalized spacial score (nSPS) is 9.96. The molecular weight excluding hydrogens is 314 g/mol. The fourth-order valence-corrected chi connectivity index (χ4v) is 2.37. The van der Waals surface area contributed by atoms with Crippen LogP contribution in [-0.4, -0.2) is 49.8 Å². The van der Waals surface area contributed by atoms with Gasteiger partial charge in [0.05, 0.1) is 7.11 Å². The summed E-state index contributed by atoms with van der Waals surface area (Å²) in [5.41, 5.74) is 1.97. The van der Waals surface area contributed by atoms with E-state index in [1.54, 1.807) is 13.3 Å². The molecule has 23 heavy (non-hydrogen) atoms. The quantitative estimate of drug-likeness (QED) is 0.525. The molecule has 3 nitrogen and oxygen atoms in total. The van der Waals surface area contributed by atoms with Crippen LogP contribution in [0, 0.1) is 0 Å². The molecule has 0 fully saturated rings. The first kappa shape index (κ1) is 17.8. The van der Waals surface area contributed by atoms with Gasteiger partial charge in [-0.1, -0.05) is 30.3 Å². The molecule has 114 valence electrons. The summed E-state index contributed by atoms with van der Waals surface area (Å²) in [5, 5.41) is 1.04. The first-order chi connectivity index (χ1) is 10.8. The van der Waals surface area contributed by atoms with Crippen LogP contribution < -0.4 is 9.47 Å². The number of aromatic nitrogens is 1. The van der Waals surface area contributed by atoms with Crippen molar-refractivity contribution in [1.29, 1.82) is 0 Å². The standard InChI is InChI=1S/C19H17NO2.Ca.2H/c1-3-6-14-10-11-16(18(13-14)21-2)22-17-9-4-7-15-8-5-12-20-19(15)17;;;/h3-5,7-13H,1,6H2,2H3;;;. The van der Waals surface area contributed by atoms with Crippen LogP contribution >= 0.6 is 0 Å². The topological polar surface area (TPSA) is 31.4 Å². The molecule has 0 aliphatic heterocycles. The molecule has 0 bridgehead atoms. The maximum atomic E-state index is 6.03. The third-order valence-electron chi connectivity index (χ3n) is 3.42. The summed E-state index contributed by atoms with van der Waals surface area (Å²) in [7, 11) is 1.64. The van der Waals surface area contributed by atoms with Crippen molar-refractivity contribution >= 4 is 48.6 Å². The number of para-hydroxylation sites is 1. The predicted molar refractivity (Wildman–Crippen MR) is 97.3 cm³/mol. The van der Waals surface area contributed by atoms with E-state index in [1.165, 1.54) is 0 Å². The van der Waals surface area contributed by atoms with Crippen molar-refractivity contribution in [2.24, 2.45) is 0 Å². The van der Waals surface area contributed by atoms with Gasteiger partial charge in [0.25, 0.3) is 0 Å². The molecule has 0 atom stereocenters. The van der Waals surface area contributed by atoms with Gasteiger partial charge in [0.2, 0.25) is 0 Å². The van der Waals surface area contributed by atoms with Gasteiger partial charge >= 0.3 is 37.7 Å². The van der Waals surface area contributed by atoms with E-state index in [1.807, 2.05) is 54.6 Å². The summed E-state index contributed by atoms with van der Waals surface area (Å²) in [6.45, 7) is 3.76. The van der Waals surface area contributed by atoms with E-state index in [0.29, 0.717) is 17.2 Å². The maximum absolute atomic E-state index is 6.03. The Morgan fingerprint density at radius 2 is 1.87 bits per heavy atom. The van der Waals surface area contributed by atoms with Crippen LogP contribution in [0.15, 0.2) is 67.4 Å². The molecule has 0 radical (unpaired) electrons. The Labute approximate surface area is 166 Å². The zero-order valence-corrected chi connectivity index (χ0v) is 12.5. The Morgan fingerprint density at radius 3 is 2.65 bits per heavy atom. The number of benzene rings is 2. The number of fused-ring (bicyclic) bond motifs is 1. The average Bonchev–Trinajstić information content (AvgIpc) is 2.57. The Bertz CT molecular complexity index is 812. The van der Waals surface area contributed by atoms with Gasteiger partial charge in [-0.15, -0.1) is 6.58 Å². The Hall–Kier alpha value is -1.55. The van der Waals surface area contributed by atoms with Crippen LogP contribution in [0.25, 0.3) is 10.9 Å². The number of nitrogens with zero attached hydrogens (tertiary/aromatic N) is 1. The van der Waals surface area contributed by atoms with Gasteiger partial charge in [-0.05, 0) is 36.2 Å². The minimum atomic E-state index is 0. The Balaban J connectivity index is 0.00000192. The molecule has 0 N–H and O–H groups in total. The van der Waals surface area contributed by atoms with E-state index in [2.05, 4.69) is 11.6 Å². The molecule has 0 amide bonds. The van der Waals surface area contributed by atoms with Crippen molar-refractivity contribution in [1.82, 2.24) is 4.98 Å². The number of rotatable bonds is 5. The van der Waals surface area contributed by atoms with Crippen molar-refractivity contribution < 1.29 is 9.47 Å². The van der Waals surface area contributed by atoms with E-state index >= 15 is 0 Å². The number of hydrogen-bond donors (Lipinski definition) is 0. The van der Waals surface area contributed by atoms with Gasteiger partial charge in [-0.25, -0.2) is 0 Å². The first-order valence-corrected chi connectivity index (χ1v) is 7.11. The van der Waals surface area contributed by atoms with Gasteiger partial charge in [0, 0.05) is 11.6 Å². The fourth-order valence-electron chi connectivity index (χ4n) is 2.37. The molecule has 4 heteroatoms. The average molecular weight is 333 g/mol. The minimum absolute atomic E-state index is 0. The van der Waals surface area contributed by atoms with Crippen LogP contribution in [0.5, 0.6) is 17.2 Å². The van der Waals surface area contributed by atoms with Crippen molar-refractivity contribution in [3.05, 3.63) is 72.9 Å². The van der Waals surface area contributed by atoms with Crippen molar-refractivity contribution in [2.75, 3.05) is 7.11 Å². The zero-order chi connectivity index (χ0) is 15.4. The Morgan fingerprint density at radius 1 is 1.04 bits per heavy atom. The van der Waals surface area contributed by atoms with E-state index < -0.39 is 0 Å². The summed E-state index contributed by atoms with van der Waals surface area (Å²) in [6, 6.07) is 15.7. The van der Waals surface area contributed by atoms with Crippen LogP contribution in [-0.2, 0) is 6.42 Å². The summed E-state index contributed by atoms with van der Waals surface area (Å²) in [4.78, 5) is 4.40. The zero-order valence-electron chi connectivity index (χ0n) is 12.5. The second-order valence-electron chi connectivity index (χ2n) is 4.91. The third kappa shape index (κ3) is 4.05. The monoisotopic (exact) mass is 333 g/mol. The van der Waals surface area contributed by atoms with E-state index in [4.69, 9.17) is 9.47 Å². The number of methoxy groups -OCH3 is 1. The first-order valence-electron chi connectivity index (χ1n) is 7.11. The second-order valence-corrected chi connectivity index (χ2v) is 4.91. The van der Waals surface area contributed by atoms with Gasteiger partial charge in [0.15, 0.2) is 17.2 Å². The molecule has 0 saturated heterocycles. The fraction of sp³-hybridized carbons (Fsp3) is 0.105. The van der Waals surface area contributed by atoms with E-state index in [9.17, 15) is 0 Å². The number of hydrogen-bond acceptors (Lipinski definition) is 3. The van der Waals surface area contributed by atoms with Crippen LogP contribution in [0.1, 0.15) is 5.56 Å². The molecule has 3 rings (SSSR count). The molecule has 0 saturated carbocycles. The number of pyridine rings is 1. The van der Waals surface area contributed by atoms with Crippen LogP contribution in [0.4, 0.5) is 0 Å². The van der Waals surface area contributed by atoms with Gasteiger partial charge in [0.1, 0.15) is 5.52 Å². The summed E-state index contributed by atoms with van der Waals surface area (Å²) in [5.74, 6) is 2.09. The molecule has 2 aromatic carbocycles. The SMILES string of the molecule is C=CCc1ccc(Oc2cccc3cccnc23)c(OC)c1.[CaH2]. The van der Waals surface area contributed by atoms with Crippen molar-refractivity contribution in [3.8, 4) is 17.2 Å². The molecule has 1 aromatic heterocycles. The molecule has 1 heterocycles. The molecular formula is C19H19CaNO2. The molecule has 0 aliphatic carbocycles. The third-order valence-corrected chi connectivity index (χ3v) is 3.42. The number of allylic oxidation sites excluding steroid dienone is 1. The summed E-state index contributed by atoms with van der Waals surface area (Å²) < 4.78 is 11.5. The molecule has 0 aliphatic rings. The molecule has 3 aromatic rings. The Kier molecular flexibility index (Phi) is 6.46. The van der Waals surface area contributed by atoms with Crippen molar-refractivity contribution in [3.63, 3.8) is 0 Å². The van der Waals surface area contributed by atoms with E-state index in [-0.39, 0.29) is 37.7 Å². The predicted octanol–water partition coefficient (Wildman–Crippen LogP) is 3.85. The summed E-state index contributed by atoms with van der Waals surface area (Å²) in [6.07, 6.45) is 4.43. The van der Waals surface area contributed by atoms with Gasteiger partial charge in [-0.2, -0.15) is 0 Å². The van der Waals surface area contributed by atoms with E-state index in [0.717, 1.165) is 22.9 Å². The second kappa shape index (κ2) is 8.34.